The van der Waals surface area contributed by atoms with E-state index >= 15 is 0 Å². The molecular formula is C19H17ClN4O3. The number of aryl methyl sites for hydroxylation is 1. The van der Waals surface area contributed by atoms with Crippen molar-refractivity contribution in [2.75, 3.05) is 5.32 Å². The van der Waals surface area contributed by atoms with Gasteiger partial charge in [0.2, 0.25) is 0 Å². The Morgan fingerprint density at radius 1 is 1.33 bits per heavy atom. The molecule has 3 rings (SSSR count). The van der Waals surface area contributed by atoms with Crippen molar-refractivity contribution >= 4 is 40.2 Å². The van der Waals surface area contributed by atoms with Gasteiger partial charge in [-0.05, 0) is 19.1 Å². The van der Waals surface area contributed by atoms with E-state index in [2.05, 4.69) is 26.8 Å². The Morgan fingerprint density at radius 2 is 2.07 bits per heavy atom. The first-order valence-corrected chi connectivity index (χ1v) is 8.57. The number of halogens is 1. The third-order valence-electron chi connectivity index (χ3n) is 4.00. The summed E-state index contributed by atoms with van der Waals surface area (Å²) in [6.07, 6.45) is 1.97. The van der Waals surface area contributed by atoms with Gasteiger partial charge >= 0.3 is 5.97 Å². The molecule has 0 saturated carbocycles. The summed E-state index contributed by atoms with van der Waals surface area (Å²) in [4.78, 5) is 35.3. The second-order valence-electron chi connectivity index (χ2n) is 6.00. The lowest BCUT2D eigenvalue weighted by Gasteiger charge is -2.11. The summed E-state index contributed by atoms with van der Waals surface area (Å²) >= 11 is 6.19. The number of carbonyl (C=O) groups is 2. The predicted octanol–water partition coefficient (Wildman–Crippen LogP) is 4.05. The molecule has 0 radical (unpaired) electrons. The maximum absolute atomic E-state index is 11.9. The molecule has 2 aromatic heterocycles. The van der Waals surface area contributed by atoms with Gasteiger partial charge in [0.25, 0.3) is 5.91 Å². The summed E-state index contributed by atoms with van der Waals surface area (Å²) < 4.78 is 0. The van der Waals surface area contributed by atoms with Crippen LogP contribution in [0.2, 0.25) is 5.02 Å². The molecule has 2 heterocycles. The third kappa shape index (κ3) is 3.54. The number of rotatable bonds is 5. The fraction of sp³-hybridized carbons (Fsp3) is 0.158. The predicted molar refractivity (Wildman–Crippen MR) is 104 cm³/mol. The lowest BCUT2D eigenvalue weighted by atomic mass is 10.0. The molecule has 7 nitrogen and oxygen atoms in total. The number of anilines is 1. The molecule has 0 aliphatic rings. The Morgan fingerprint density at radius 3 is 2.70 bits per heavy atom. The molecule has 0 atom stereocenters. The number of hydrogen-bond donors (Lipinski definition) is 3. The van der Waals surface area contributed by atoms with Crippen LogP contribution in [0.3, 0.4) is 0 Å². The van der Waals surface area contributed by atoms with E-state index in [0.29, 0.717) is 50.8 Å². The highest BCUT2D eigenvalue weighted by molar-refractivity contribution is 6.34. The van der Waals surface area contributed by atoms with E-state index in [4.69, 9.17) is 11.6 Å². The monoisotopic (exact) mass is 384 g/mol. The van der Waals surface area contributed by atoms with Crippen molar-refractivity contribution in [2.24, 2.45) is 0 Å². The highest BCUT2D eigenvalue weighted by atomic mass is 35.5. The van der Waals surface area contributed by atoms with E-state index in [-0.39, 0.29) is 11.5 Å². The van der Waals surface area contributed by atoms with Crippen molar-refractivity contribution in [3.63, 3.8) is 0 Å². The fourth-order valence-electron chi connectivity index (χ4n) is 2.61. The molecule has 1 aromatic carbocycles. The van der Waals surface area contributed by atoms with Crippen LogP contribution in [0.15, 0.2) is 36.5 Å². The maximum atomic E-state index is 11.9. The molecule has 3 N–H and O–H groups in total. The summed E-state index contributed by atoms with van der Waals surface area (Å²) in [6.45, 7) is 7.10. The average Bonchev–Trinajstić information content (AvgIpc) is 3.06. The van der Waals surface area contributed by atoms with Crippen LogP contribution in [0, 0.1) is 0 Å². The van der Waals surface area contributed by atoms with Crippen molar-refractivity contribution < 1.29 is 14.7 Å². The van der Waals surface area contributed by atoms with Gasteiger partial charge in [-0.15, -0.1) is 0 Å². The molecule has 3 aromatic rings. The normalized spacial score (nSPS) is 10.8. The highest BCUT2D eigenvalue weighted by Crippen LogP contribution is 2.33. The summed E-state index contributed by atoms with van der Waals surface area (Å²) in [5.41, 5.74) is 2.31. The Labute approximate surface area is 160 Å². The molecule has 0 aliphatic heterocycles. The highest BCUT2D eigenvalue weighted by Gasteiger charge is 2.19. The van der Waals surface area contributed by atoms with Crippen LogP contribution in [0.25, 0.3) is 22.3 Å². The molecular weight excluding hydrogens is 368 g/mol. The number of fused-ring (bicyclic) bond motifs is 1. The van der Waals surface area contributed by atoms with Gasteiger partial charge in [-0.1, -0.05) is 31.2 Å². The van der Waals surface area contributed by atoms with Gasteiger partial charge in [-0.3, -0.25) is 4.79 Å². The zero-order chi connectivity index (χ0) is 19.7. The number of aromatic carboxylic acids is 1. The number of H-pyrrole nitrogens is 1. The van der Waals surface area contributed by atoms with E-state index in [1.54, 1.807) is 25.1 Å². The first-order chi connectivity index (χ1) is 12.8. The Bertz CT molecular complexity index is 1090. The smallest absolute Gasteiger partial charge is 0.338 e. The largest absolute Gasteiger partial charge is 0.478 e. The number of aromatic amines is 1. The number of amides is 1. The number of carboxylic acids is 1. The minimum absolute atomic E-state index is 0.0742. The molecule has 0 aliphatic carbocycles. The van der Waals surface area contributed by atoms with Crippen molar-refractivity contribution in [3.05, 3.63) is 53.0 Å². The zero-order valence-electron chi connectivity index (χ0n) is 14.8. The summed E-state index contributed by atoms with van der Waals surface area (Å²) in [7, 11) is 0. The second-order valence-corrected chi connectivity index (χ2v) is 6.41. The van der Waals surface area contributed by atoms with Crippen LogP contribution in [0.4, 0.5) is 5.69 Å². The Kier molecular flexibility index (Phi) is 4.96. The van der Waals surface area contributed by atoms with E-state index in [1.807, 2.05) is 6.92 Å². The number of aromatic nitrogens is 3. The number of carboxylic acid groups (broad SMARTS) is 1. The van der Waals surface area contributed by atoms with Crippen LogP contribution < -0.4 is 5.32 Å². The Hall–Kier alpha value is -3.19. The van der Waals surface area contributed by atoms with Gasteiger partial charge in [-0.2, -0.15) is 0 Å². The number of hydrogen-bond acceptors (Lipinski definition) is 4. The van der Waals surface area contributed by atoms with Gasteiger partial charge in [0, 0.05) is 23.8 Å². The molecule has 0 fully saturated rings. The topological polar surface area (TPSA) is 108 Å². The zero-order valence-corrected chi connectivity index (χ0v) is 15.5. The average molecular weight is 385 g/mol. The van der Waals surface area contributed by atoms with Crippen LogP contribution in [-0.4, -0.2) is 31.9 Å². The van der Waals surface area contributed by atoms with Crippen LogP contribution in [0.5, 0.6) is 0 Å². The fourth-order valence-corrected chi connectivity index (χ4v) is 2.78. The van der Waals surface area contributed by atoms with Crippen molar-refractivity contribution in [2.45, 2.75) is 20.3 Å². The molecule has 0 bridgehead atoms. The summed E-state index contributed by atoms with van der Waals surface area (Å²) in [6, 6.07) is 5.00. The molecule has 8 heteroatoms. The first-order valence-electron chi connectivity index (χ1n) is 8.19. The first kappa shape index (κ1) is 18.6. The lowest BCUT2D eigenvalue weighted by Crippen LogP contribution is -2.12. The van der Waals surface area contributed by atoms with Gasteiger partial charge < -0.3 is 15.4 Å². The van der Waals surface area contributed by atoms with Crippen LogP contribution in [0.1, 0.15) is 30.0 Å². The Balaban J connectivity index is 2.22. The quantitative estimate of drug-likeness (QED) is 0.575. The molecule has 0 saturated heterocycles. The molecule has 0 unspecified atom stereocenters. The summed E-state index contributed by atoms with van der Waals surface area (Å²) in [5.74, 6) is -0.872. The number of nitrogens with one attached hydrogen (secondary N) is 2. The number of nitrogens with zero attached hydrogens (tertiary/aromatic N) is 2. The standard InChI is InChI=1S/C19H17ClN4O3/c1-4-14-23-16(15-11(19(26)27)8-21-17(15)24-14)10-5-6-12(20)13(7-10)22-18(25)9(2)3/h5-8H,2,4H2,1,3H3,(H,22,25)(H,26,27)(H,21,23,24). The van der Waals surface area contributed by atoms with Gasteiger partial charge in [-0.25, -0.2) is 14.8 Å². The van der Waals surface area contributed by atoms with Crippen LogP contribution in [-0.2, 0) is 11.2 Å². The summed E-state index contributed by atoms with van der Waals surface area (Å²) in [5, 5.41) is 12.9. The number of carbonyl (C=O) groups excluding carboxylic acids is 1. The minimum Gasteiger partial charge on any atom is -0.478 e. The molecule has 1 amide bonds. The third-order valence-corrected chi connectivity index (χ3v) is 4.33. The second kappa shape index (κ2) is 7.20. The van der Waals surface area contributed by atoms with Crippen molar-refractivity contribution in [1.82, 2.24) is 15.0 Å². The van der Waals surface area contributed by atoms with Gasteiger partial charge in [0.15, 0.2) is 0 Å². The van der Waals surface area contributed by atoms with Crippen LogP contribution >= 0.6 is 11.6 Å². The maximum Gasteiger partial charge on any atom is 0.338 e. The SMILES string of the molecule is C=C(C)C(=O)Nc1cc(-c2nc(CC)nc3[nH]cc(C(=O)O)c23)ccc1Cl. The number of benzene rings is 1. The molecule has 27 heavy (non-hydrogen) atoms. The van der Waals surface area contributed by atoms with Gasteiger partial charge in [0.1, 0.15) is 11.5 Å². The minimum atomic E-state index is -1.08. The lowest BCUT2D eigenvalue weighted by molar-refractivity contribution is -0.112. The van der Waals surface area contributed by atoms with E-state index in [0.717, 1.165) is 0 Å². The molecule has 138 valence electrons. The van der Waals surface area contributed by atoms with E-state index < -0.39 is 5.97 Å². The molecule has 0 spiro atoms. The van der Waals surface area contributed by atoms with Crippen molar-refractivity contribution in [1.29, 1.82) is 0 Å². The van der Waals surface area contributed by atoms with Gasteiger partial charge in [0.05, 0.1) is 27.4 Å². The van der Waals surface area contributed by atoms with Crippen molar-refractivity contribution in [3.8, 4) is 11.3 Å². The van der Waals surface area contributed by atoms with E-state index in [9.17, 15) is 14.7 Å². The van der Waals surface area contributed by atoms with E-state index in [1.165, 1.54) is 6.20 Å².